The second kappa shape index (κ2) is 8.32. The van der Waals surface area contributed by atoms with Gasteiger partial charge in [0.2, 0.25) is 5.91 Å². The van der Waals surface area contributed by atoms with Gasteiger partial charge in [0.1, 0.15) is 5.82 Å². The predicted octanol–water partition coefficient (Wildman–Crippen LogP) is 2.53. The van der Waals surface area contributed by atoms with Gasteiger partial charge in [0.15, 0.2) is 10.8 Å². The van der Waals surface area contributed by atoms with Crippen LogP contribution in [0.3, 0.4) is 0 Å². The van der Waals surface area contributed by atoms with Crippen molar-refractivity contribution < 1.29 is 4.79 Å². The number of thioether (sulfide) groups is 1. The predicted molar refractivity (Wildman–Crippen MR) is 98.3 cm³/mol. The van der Waals surface area contributed by atoms with E-state index in [2.05, 4.69) is 46.5 Å². The molecule has 2 rings (SSSR count). The Bertz CT molecular complexity index is 697. The highest BCUT2D eigenvalue weighted by Gasteiger charge is 2.14. The summed E-state index contributed by atoms with van der Waals surface area (Å²) in [4.78, 5) is 20.9. The van der Waals surface area contributed by atoms with Crippen LogP contribution in [0.2, 0.25) is 0 Å². The van der Waals surface area contributed by atoms with Crippen LogP contribution in [-0.2, 0) is 11.3 Å². The van der Waals surface area contributed by atoms with Gasteiger partial charge in [0, 0.05) is 18.5 Å². The molecular weight excluding hydrogens is 324 g/mol. The highest BCUT2D eigenvalue weighted by molar-refractivity contribution is 7.99. The number of carbonyl (C=O) groups is 1. The van der Waals surface area contributed by atoms with Crippen molar-refractivity contribution in [3.05, 3.63) is 6.20 Å². The molecule has 24 heavy (non-hydrogen) atoms. The summed E-state index contributed by atoms with van der Waals surface area (Å²) in [6, 6.07) is 0.274. The maximum Gasteiger partial charge on any atom is 0.222 e. The van der Waals surface area contributed by atoms with E-state index in [1.54, 1.807) is 18.0 Å². The Hall–Kier alpha value is -1.83. The SMILES string of the molecule is CCSc1nc(NC(C)C)c2cnn(CCNC(=O)C(C)C)c2n1. The van der Waals surface area contributed by atoms with Gasteiger partial charge in [-0.3, -0.25) is 4.79 Å². The molecule has 0 saturated carbocycles. The third-order valence-corrected chi connectivity index (χ3v) is 4.05. The highest BCUT2D eigenvalue weighted by atomic mass is 32.2. The minimum Gasteiger partial charge on any atom is -0.367 e. The summed E-state index contributed by atoms with van der Waals surface area (Å²) in [6.45, 7) is 11.1. The monoisotopic (exact) mass is 350 g/mol. The average molecular weight is 350 g/mol. The van der Waals surface area contributed by atoms with Crippen molar-refractivity contribution in [3.8, 4) is 0 Å². The summed E-state index contributed by atoms with van der Waals surface area (Å²) in [5.41, 5.74) is 0.794. The quantitative estimate of drug-likeness (QED) is 0.562. The van der Waals surface area contributed by atoms with E-state index in [4.69, 9.17) is 0 Å². The molecule has 0 aromatic carbocycles. The summed E-state index contributed by atoms with van der Waals surface area (Å²) in [6.07, 6.45) is 1.78. The second-order valence-electron chi connectivity index (χ2n) is 6.14. The van der Waals surface area contributed by atoms with Crippen molar-refractivity contribution in [1.82, 2.24) is 25.1 Å². The molecule has 0 aliphatic heterocycles. The van der Waals surface area contributed by atoms with Gasteiger partial charge in [-0.2, -0.15) is 5.10 Å². The first kappa shape index (κ1) is 18.5. The molecule has 2 N–H and O–H groups in total. The number of nitrogens with zero attached hydrogens (tertiary/aromatic N) is 4. The lowest BCUT2D eigenvalue weighted by Crippen LogP contribution is -2.30. The Kier molecular flexibility index (Phi) is 6.42. The third kappa shape index (κ3) is 4.59. The van der Waals surface area contributed by atoms with Crippen LogP contribution in [0.25, 0.3) is 11.0 Å². The third-order valence-electron chi connectivity index (χ3n) is 3.32. The minimum atomic E-state index is -0.0175. The molecule has 0 spiro atoms. The molecule has 0 fully saturated rings. The van der Waals surface area contributed by atoms with Crippen molar-refractivity contribution in [2.75, 3.05) is 17.6 Å². The minimum absolute atomic E-state index is 0.0175. The van der Waals surface area contributed by atoms with Crippen molar-refractivity contribution in [3.63, 3.8) is 0 Å². The molecule has 2 heterocycles. The van der Waals surface area contributed by atoms with E-state index in [1.807, 2.05) is 18.5 Å². The van der Waals surface area contributed by atoms with E-state index in [-0.39, 0.29) is 17.9 Å². The fourth-order valence-electron chi connectivity index (χ4n) is 2.17. The zero-order valence-electron chi connectivity index (χ0n) is 15.0. The van der Waals surface area contributed by atoms with Gasteiger partial charge < -0.3 is 10.6 Å². The Morgan fingerprint density at radius 3 is 2.67 bits per heavy atom. The molecule has 132 valence electrons. The fraction of sp³-hybridized carbons (Fsp3) is 0.625. The number of hydrogen-bond acceptors (Lipinski definition) is 6. The van der Waals surface area contributed by atoms with Gasteiger partial charge in [0.05, 0.1) is 18.1 Å². The molecule has 2 aromatic rings. The van der Waals surface area contributed by atoms with Crippen molar-refractivity contribution in [1.29, 1.82) is 0 Å². The van der Waals surface area contributed by atoms with Crippen molar-refractivity contribution >= 4 is 34.5 Å². The Labute approximate surface area is 147 Å². The standard InChI is InChI=1S/C16H26N6OS/c1-6-24-16-20-13(19-11(4)5)12-9-18-22(14(12)21-16)8-7-17-15(23)10(2)3/h9-11H,6-8H2,1-5H3,(H,17,23)(H,19,20,21). The lowest BCUT2D eigenvalue weighted by Gasteiger charge is -2.12. The fourth-order valence-corrected chi connectivity index (χ4v) is 2.73. The number of carbonyl (C=O) groups excluding carboxylic acids is 1. The first-order valence-corrected chi connectivity index (χ1v) is 9.31. The zero-order valence-corrected chi connectivity index (χ0v) is 15.8. The summed E-state index contributed by atoms with van der Waals surface area (Å²) in [5.74, 6) is 1.75. The second-order valence-corrected chi connectivity index (χ2v) is 7.37. The molecule has 0 aliphatic carbocycles. The van der Waals surface area contributed by atoms with Crippen LogP contribution in [0.15, 0.2) is 11.4 Å². The molecule has 8 heteroatoms. The van der Waals surface area contributed by atoms with E-state index >= 15 is 0 Å². The van der Waals surface area contributed by atoms with E-state index in [1.165, 1.54) is 0 Å². The topological polar surface area (TPSA) is 84.7 Å². The van der Waals surface area contributed by atoms with E-state index < -0.39 is 0 Å². The van der Waals surface area contributed by atoms with Crippen LogP contribution < -0.4 is 10.6 Å². The van der Waals surface area contributed by atoms with Gasteiger partial charge in [-0.15, -0.1) is 0 Å². The number of nitrogens with one attached hydrogen (secondary N) is 2. The maximum atomic E-state index is 11.7. The van der Waals surface area contributed by atoms with Crippen molar-refractivity contribution in [2.45, 2.75) is 52.4 Å². The van der Waals surface area contributed by atoms with Gasteiger partial charge in [-0.1, -0.05) is 32.5 Å². The largest absolute Gasteiger partial charge is 0.367 e. The molecule has 0 saturated heterocycles. The first-order valence-electron chi connectivity index (χ1n) is 8.33. The summed E-state index contributed by atoms with van der Waals surface area (Å²) in [7, 11) is 0. The number of hydrogen-bond donors (Lipinski definition) is 2. The van der Waals surface area contributed by atoms with Crippen LogP contribution in [0.4, 0.5) is 5.82 Å². The lowest BCUT2D eigenvalue weighted by atomic mass is 10.2. The normalized spacial score (nSPS) is 11.5. The number of aromatic nitrogens is 4. The number of fused-ring (bicyclic) bond motifs is 1. The molecular formula is C16H26N6OS. The number of rotatable bonds is 8. The number of amides is 1. The van der Waals surface area contributed by atoms with Gasteiger partial charge in [0.25, 0.3) is 0 Å². The van der Waals surface area contributed by atoms with Crippen LogP contribution >= 0.6 is 11.8 Å². The molecule has 0 aliphatic rings. The van der Waals surface area contributed by atoms with Crippen LogP contribution in [0.1, 0.15) is 34.6 Å². The van der Waals surface area contributed by atoms with Crippen LogP contribution in [-0.4, -0.2) is 44.0 Å². The Balaban J connectivity index is 2.24. The summed E-state index contributed by atoms with van der Waals surface area (Å²) >= 11 is 1.60. The molecule has 0 unspecified atom stereocenters. The van der Waals surface area contributed by atoms with E-state index in [0.29, 0.717) is 13.1 Å². The smallest absolute Gasteiger partial charge is 0.222 e. The molecule has 0 atom stereocenters. The van der Waals surface area contributed by atoms with Crippen LogP contribution in [0, 0.1) is 5.92 Å². The van der Waals surface area contributed by atoms with E-state index in [0.717, 1.165) is 27.8 Å². The molecule has 0 radical (unpaired) electrons. The molecule has 2 aromatic heterocycles. The Morgan fingerprint density at radius 2 is 2.04 bits per heavy atom. The van der Waals surface area contributed by atoms with Crippen LogP contribution in [0.5, 0.6) is 0 Å². The lowest BCUT2D eigenvalue weighted by molar-refractivity contribution is -0.124. The number of anilines is 1. The molecule has 1 amide bonds. The maximum absolute atomic E-state index is 11.7. The average Bonchev–Trinajstić information content (AvgIpc) is 2.90. The highest BCUT2D eigenvalue weighted by Crippen LogP contribution is 2.24. The summed E-state index contributed by atoms with van der Waals surface area (Å²) in [5, 5.41) is 12.3. The Morgan fingerprint density at radius 1 is 1.29 bits per heavy atom. The van der Waals surface area contributed by atoms with Crippen molar-refractivity contribution in [2.24, 2.45) is 5.92 Å². The first-order chi connectivity index (χ1) is 11.4. The molecule has 7 nitrogen and oxygen atoms in total. The van der Waals surface area contributed by atoms with Gasteiger partial charge in [-0.05, 0) is 19.6 Å². The summed E-state index contributed by atoms with van der Waals surface area (Å²) < 4.78 is 1.82. The molecule has 0 bridgehead atoms. The van der Waals surface area contributed by atoms with Gasteiger partial charge in [-0.25, -0.2) is 14.6 Å². The zero-order chi connectivity index (χ0) is 17.7. The van der Waals surface area contributed by atoms with Gasteiger partial charge >= 0.3 is 0 Å². The van der Waals surface area contributed by atoms with E-state index in [9.17, 15) is 4.79 Å².